The Labute approximate surface area is 74.5 Å². The third kappa shape index (κ3) is 2.17. The van der Waals surface area contributed by atoms with Gasteiger partial charge in [0.05, 0.1) is 17.8 Å². The molecule has 68 valence electrons. The van der Waals surface area contributed by atoms with Crippen LogP contribution in [0.25, 0.3) is 0 Å². The van der Waals surface area contributed by atoms with Gasteiger partial charge < -0.3 is 11.5 Å². The number of halogens is 2. The molecular formula is C9H8F2N2. The first-order valence-corrected chi connectivity index (χ1v) is 3.58. The molecule has 0 aliphatic heterocycles. The van der Waals surface area contributed by atoms with Gasteiger partial charge in [-0.1, -0.05) is 11.8 Å². The van der Waals surface area contributed by atoms with E-state index in [1.54, 1.807) is 0 Å². The fraction of sp³-hybridized carbons (Fsp3) is 0.111. The molecule has 0 fully saturated rings. The van der Waals surface area contributed by atoms with Crippen molar-refractivity contribution in [2.45, 2.75) is 0 Å². The summed E-state index contributed by atoms with van der Waals surface area (Å²) in [6.07, 6.45) is 0. The van der Waals surface area contributed by atoms with Crippen molar-refractivity contribution in [3.8, 4) is 11.8 Å². The Balaban J connectivity index is 3.16. The van der Waals surface area contributed by atoms with E-state index in [0.29, 0.717) is 0 Å². The van der Waals surface area contributed by atoms with Gasteiger partial charge in [-0.05, 0) is 6.07 Å². The number of anilines is 1. The highest BCUT2D eigenvalue weighted by Crippen LogP contribution is 2.15. The van der Waals surface area contributed by atoms with Crippen LogP contribution in [0.3, 0.4) is 0 Å². The van der Waals surface area contributed by atoms with Gasteiger partial charge in [0.1, 0.15) is 0 Å². The minimum atomic E-state index is -0.976. The zero-order valence-corrected chi connectivity index (χ0v) is 6.77. The third-order valence-electron chi connectivity index (χ3n) is 1.42. The molecule has 2 nitrogen and oxygen atoms in total. The summed E-state index contributed by atoms with van der Waals surface area (Å²) >= 11 is 0. The Morgan fingerprint density at radius 2 is 1.85 bits per heavy atom. The van der Waals surface area contributed by atoms with Gasteiger partial charge in [-0.25, -0.2) is 8.78 Å². The molecule has 0 amide bonds. The number of nitrogens with two attached hydrogens (primary N) is 2. The molecule has 1 aromatic carbocycles. The van der Waals surface area contributed by atoms with Gasteiger partial charge in [-0.2, -0.15) is 0 Å². The molecule has 4 N–H and O–H groups in total. The maximum Gasteiger partial charge on any atom is 0.160 e. The fourth-order valence-corrected chi connectivity index (χ4v) is 0.817. The van der Waals surface area contributed by atoms with Crippen LogP contribution in [0, 0.1) is 23.5 Å². The van der Waals surface area contributed by atoms with Crippen molar-refractivity contribution in [2.75, 3.05) is 12.3 Å². The second kappa shape index (κ2) is 3.87. The predicted molar refractivity (Wildman–Crippen MR) is 46.7 cm³/mol. The molecule has 0 heterocycles. The lowest BCUT2D eigenvalue weighted by molar-refractivity contribution is 0.509. The third-order valence-corrected chi connectivity index (χ3v) is 1.42. The molecule has 0 aromatic heterocycles. The SMILES string of the molecule is NCC#Cc1cc(F)c(F)cc1N. The molecular weight excluding hydrogens is 174 g/mol. The Kier molecular flexibility index (Phi) is 2.83. The van der Waals surface area contributed by atoms with Crippen molar-refractivity contribution in [1.82, 2.24) is 0 Å². The lowest BCUT2D eigenvalue weighted by Crippen LogP contribution is -1.97. The highest BCUT2D eigenvalue weighted by molar-refractivity contribution is 5.56. The van der Waals surface area contributed by atoms with E-state index in [2.05, 4.69) is 11.8 Å². The number of hydrogen-bond acceptors (Lipinski definition) is 2. The van der Waals surface area contributed by atoms with Crippen molar-refractivity contribution in [2.24, 2.45) is 5.73 Å². The molecule has 4 heteroatoms. The summed E-state index contributed by atoms with van der Waals surface area (Å²) in [7, 11) is 0. The summed E-state index contributed by atoms with van der Waals surface area (Å²) < 4.78 is 25.2. The second-order valence-corrected chi connectivity index (χ2v) is 2.36. The van der Waals surface area contributed by atoms with E-state index in [1.165, 1.54) is 0 Å². The number of hydrogen-bond donors (Lipinski definition) is 2. The van der Waals surface area contributed by atoms with E-state index in [9.17, 15) is 8.78 Å². The maximum absolute atomic E-state index is 12.7. The molecule has 0 radical (unpaired) electrons. The smallest absolute Gasteiger partial charge is 0.160 e. The van der Waals surface area contributed by atoms with E-state index < -0.39 is 11.6 Å². The molecule has 0 aliphatic carbocycles. The van der Waals surface area contributed by atoms with Crippen LogP contribution in [0.15, 0.2) is 12.1 Å². The van der Waals surface area contributed by atoms with Crippen molar-refractivity contribution < 1.29 is 8.78 Å². The number of benzene rings is 1. The molecule has 0 saturated carbocycles. The Morgan fingerprint density at radius 1 is 1.23 bits per heavy atom. The van der Waals surface area contributed by atoms with Crippen LogP contribution < -0.4 is 11.5 Å². The average Bonchev–Trinajstić information content (AvgIpc) is 2.09. The van der Waals surface area contributed by atoms with E-state index >= 15 is 0 Å². The van der Waals surface area contributed by atoms with Crippen LogP contribution in [-0.2, 0) is 0 Å². The standard InChI is InChI=1S/C9H8F2N2/c10-7-4-6(2-1-3-12)9(13)5-8(7)11/h4-5H,3,12-13H2. The average molecular weight is 182 g/mol. The Morgan fingerprint density at radius 3 is 2.46 bits per heavy atom. The lowest BCUT2D eigenvalue weighted by Gasteiger charge is -1.98. The van der Waals surface area contributed by atoms with Gasteiger partial charge in [-0.3, -0.25) is 0 Å². The number of nitrogen functional groups attached to an aromatic ring is 1. The molecule has 0 aliphatic rings. The molecule has 0 atom stereocenters. The van der Waals surface area contributed by atoms with E-state index in [4.69, 9.17) is 11.5 Å². The molecule has 0 bridgehead atoms. The normalized spacial score (nSPS) is 9.15. The first kappa shape index (κ1) is 9.49. The minimum absolute atomic E-state index is 0.111. The summed E-state index contributed by atoms with van der Waals surface area (Å²) in [4.78, 5) is 0. The molecule has 0 saturated heterocycles. The molecule has 1 rings (SSSR count). The summed E-state index contributed by atoms with van der Waals surface area (Å²) in [5, 5.41) is 0. The van der Waals surface area contributed by atoms with Crippen LogP contribution in [0.4, 0.5) is 14.5 Å². The van der Waals surface area contributed by atoms with E-state index in [1.807, 2.05) is 0 Å². The lowest BCUT2D eigenvalue weighted by atomic mass is 10.2. The monoisotopic (exact) mass is 182 g/mol. The summed E-state index contributed by atoms with van der Waals surface area (Å²) in [5.74, 6) is 3.10. The fourth-order valence-electron chi connectivity index (χ4n) is 0.817. The zero-order valence-electron chi connectivity index (χ0n) is 6.77. The van der Waals surface area contributed by atoms with Crippen LogP contribution >= 0.6 is 0 Å². The Hall–Kier alpha value is -1.60. The maximum atomic E-state index is 12.7. The second-order valence-electron chi connectivity index (χ2n) is 2.36. The van der Waals surface area contributed by atoms with Gasteiger partial charge in [-0.15, -0.1) is 0 Å². The predicted octanol–water partition coefficient (Wildman–Crippen LogP) is 0.857. The quantitative estimate of drug-likeness (QED) is 0.461. The minimum Gasteiger partial charge on any atom is -0.398 e. The summed E-state index contributed by atoms with van der Waals surface area (Å²) in [6, 6.07) is 1.85. The van der Waals surface area contributed by atoms with Gasteiger partial charge in [0, 0.05) is 6.07 Å². The van der Waals surface area contributed by atoms with Crippen molar-refractivity contribution in [3.63, 3.8) is 0 Å². The molecule has 0 unspecified atom stereocenters. The molecule has 0 spiro atoms. The highest BCUT2D eigenvalue weighted by atomic mass is 19.2. The topological polar surface area (TPSA) is 52.0 Å². The van der Waals surface area contributed by atoms with Crippen molar-refractivity contribution in [1.29, 1.82) is 0 Å². The Bertz CT molecular complexity index is 377. The molecule has 13 heavy (non-hydrogen) atoms. The van der Waals surface area contributed by atoms with Crippen LogP contribution in [0.1, 0.15) is 5.56 Å². The van der Waals surface area contributed by atoms with Gasteiger partial charge >= 0.3 is 0 Å². The van der Waals surface area contributed by atoms with Gasteiger partial charge in [0.25, 0.3) is 0 Å². The number of rotatable bonds is 0. The zero-order chi connectivity index (χ0) is 9.84. The van der Waals surface area contributed by atoms with Crippen LogP contribution in [0.5, 0.6) is 0 Å². The summed E-state index contributed by atoms with van der Waals surface area (Å²) in [6.45, 7) is 0.151. The van der Waals surface area contributed by atoms with Gasteiger partial charge in [0.15, 0.2) is 11.6 Å². The van der Waals surface area contributed by atoms with E-state index in [0.717, 1.165) is 12.1 Å². The van der Waals surface area contributed by atoms with E-state index in [-0.39, 0.29) is 17.8 Å². The largest absolute Gasteiger partial charge is 0.398 e. The highest BCUT2D eigenvalue weighted by Gasteiger charge is 2.04. The first-order chi connectivity index (χ1) is 6.15. The van der Waals surface area contributed by atoms with Crippen LogP contribution in [0.2, 0.25) is 0 Å². The first-order valence-electron chi connectivity index (χ1n) is 3.58. The van der Waals surface area contributed by atoms with Crippen LogP contribution in [-0.4, -0.2) is 6.54 Å². The van der Waals surface area contributed by atoms with Gasteiger partial charge in [0.2, 0.25) is 0 Å². The van der Waals surface area contributed by atoms with Crippen molar-refractivity contribution >= 4 is 5.69 Å². The molecule has 1 aromatic rings. The van der Waals surface area contributed by atoms with Crippen molar-refractivity contribution in [3.05, 3.63) is 29.3 Å². The summed E-state index contributed by atoms with van der Waals surface area (Å²) in [5.41, 5.74) is 10.9.